The average molecular weight is 738 g/mol. The van der Waals surface area contributed by atoms with Crippen LogP contribution in [0.2, 0.25) is 0 Å². The van der Waals surface area contributed by atoms with E-state index in [9.17, 15) is 27.9 Å². The summed E-state index contributed by atoms with van der Waals surface area (Å²) in [6.07, 6.45) is 2.30. The number of ether oxygens (including phenoxy) is 3. The first-order valence-corrected chi connectivity index (χ1v) is 20.3. The van der Waals surface area contributed by atoms with E-state index in [2.05, 4.69) is 53.8 Å². The second-order valence-corrected chi connectivity index (χ2v) is 20.0. The maximum Gasteiger partial charge on any atom is 0.410 e. The molecule has 2 N–H and O–H groups in total. The summed E-state index contributed by atoms with van der Waals surface area (Å²) in [5.41, 5.74) is -0.333. The van der Waals surface area contributed by atoms with Crippen molar-refractivity contribution in [2.45, 2.75) is 149 Å². The Morgan fingerprint density at radius 3 is 2.27 bits per heavy atom. The minimum atomic E-state index is -4.28. The van der Waals surface area contributed by atoms with Crippen LogP contribution in [-0.4, -0.2) is 103 Å². The molecule has 8 fully saturated rings. The predicted octanol–water partition coefficient (Wildman–Crippen LogP) is 7.01. The molecule has 2 spiro atoms. The molecule has 0 aromatic heterocycles. The zero-order valence-corrected chi connectivity index (χ0v) is 32.3. The lowest BCUT2D eigenvalue weighted by Gasteiger charge is -2.63. The summed E-state index contributed by atoms with van der Waals surface area (Å²) < 4.78 is 57.2. The second kappa shape index (κ2) is 12.1. The van der Waals surface area contributed by atoms with Crippen LogP contribution in [0.25, 0.3) is 0 Å². The molecule has 0 bridgehead atoms. The minimum absolute atomic E-state index is 0.0814. The quantitative estimate of drug-likeness (QED) is 0.303. The highest BCUT2D eigenvalue weighted by Gasteiger charge is 2.85. The number of nitrogens with zero attached hydrogens (tertiary/aromatic N) is 2. The molecular weight excluding hydrogens is 675 g/mol. The SMILES string of the molecule is CC(C)C(OC(=O)N1CCC1)C1C[C@@H](C)[C@H]2C(O1)[C@H](O)[C@@]1(C)C3CC[C@H]4C(C)(C)C(OC(=O)N5CC(NCC(F)(F)F)C5)CCC45CC35CCC21C. The molecule has 9 nitrogen and oxygen atoms in total. The first-order chi connectivity index (χ1) is 24.3. The molecule has 3 saturated heterocycles. The number of aliphatic hydroxyl groups is 1. The molecule has 12 heteroatoms. The summed E-state index contributed by atoms with van der Waals surface area (Å²) in [6, 6.07) is -0.366. The predicted molar refractivity (Wildman–Crippen MR) is 187 cm³/mol. The van der Waals surface area contributed by atoms with Crippen molar-refractivity contribution in [1.29, 1.82) is 0 Å². The van der Waals surface area contributed by atoms with E-state index in [1.54, 1.807) is 4.90 Å². The highest BCUT2D eigenvalue weighted by molar-refractivity contribution is 5.69. The fraction of sp³-hybridized carbons (Fsp3) is 0.950. The van der Waals surface area contributed by atoms with Gasteiger partial charge < -0.3 is 34.4 Å². The summed E-state index contributed by atoms with van der Waals surface area (Å²) in [7, 11) is 0. The lowest BCUT2D eigenvalue weighted by Crippen LogP contribution is -2.62. The van der Waals surface area contributed by atoms with E-state index in [0.717, 1.165) is 70.9 Å². The van der Waals surface area contributed by atoms with Gasteiger partial charge in [0.25, 0.3) is 0 Å². The molecular formula is C40H62F3N3O6. The molecule has 3 aliphatic heterocycles. The topological polar surface area (TPSA) is 101 Å². The van der Waals surface area contributed by atoms with Crippen LogP contribution in [-0.2, 0) is 14.2 Å². The number of nitrogens with one attached hydrogen (secondary N) is 1. The van der Waals surface area contributed by atoms with Crippen molar-refractivity contribution in [3.63, 3.8) is 0 Å². The number of hydrogen-bond donors (Lipinski definition) is 2. The Hall–Kier alpha value is -1.79. The monoisotopic (exact) mass is 737 g/mol. The van der Waals surface area contributed by atoms with Crippen LogP contribution in [0.1, 0.15) is 106 Å². The van der Waals surface area contributed by atoms with E-state index in [1.165, 1.54) is 4.90 Å². The molecule has 13 atom stereocenters. The van der Waals surface area contributed by atoms with E-state index in [0.29, 0.717) is 17.8 Å². The van der Waals surface area contributed by atoms with E-state index in [1.807, 2.05) is 0 Å². The Bertz CT molecular complexity index is 1440. The third kappa shape index (κ3) is 5.17. The highest BCUT2D eigenvalue weighted by atomic mass is 19.4. The molecule has 8 rings (SSSR count). The van der Waals surface area contributed by atoms with Crippen molar-refractivity contribution in [3.8, 4) is 0 Å². The van der Waals surface area contributed by atoms with E-state index in [-0.39, 0.29) is 88.6 Å². The smallest absolute Gasteiger partial charge is 0.410 e. The van der Waals surface area contributed by atoms with Crippen LogP contribution >= 0.6 is 0 Å². The molecule has 3 heterocycles. The van der Waals surface area contributed by atoms with Gasteiger partial charge in [0.05, 0.1) is 24.9 Å². The number of likely N-dealkylation sites (tertiary alicyclic amines) is 2. The zero-order valence-electron chi connectivity index (χ0n) is 32.3. The third-order valence-electron chi connectivity index (χ3n) is 17.1. The Kier molecular flexibility index (Phi) is 8.65. The number of halogens is 3. The number of carbonyl (C=O) groups is 2. The van der Waals surface area contributed by atoms with Crippen LogP contribution in [0.5, 0.6) is 0 Å². The molecule has 0 radical (unpaired) electrons. The molecule has 8 aliphatic rings. The number of fused-ring (bicyclic) bond motifs is 4. The molecule has 5 saturated carbocycles. The first kappa shape index (κ1) is 37.1. The molecule has 8 unspecified atom stereocenters. The van der Waals surface area contributed by atoms with Crippen LogP contribution in [0.3, 0.4) is 0 Å². The summed E-state index contributed by atoms with van der Waals surface area (Å²) in [5, 5.41) is 15.1. The fourth-order valence-electron chi connectivity index (χ4n) is 14.3. The maximum absolute atomic E-state index is 13.2. The molecule has 52 heavy (non-hydrogen) atoms. The number of rotatable bonds is 6. The minimum Gasteiger partial charge on any atom is -0.446 e. The van der Waals surface area contributed by atoms with Gasteiger partial charge >= 0.3 is 18.4 Å². The Labute approximate surface area is 307 Å². The first-order valence-electron chi connectivity index (χ1n) is 20.3. The van der Waals surface area contributed by atoms with Crippen molar-refractivity contribution < 1.29 is 42.1 Å². The third-order valence-corrected chi connectivity index (χ3v) is 17.1. The molecule has 2 amide bonds. The summed E-state index contributed by atoms with van der Waals surface area (Å²) in [6.45, 7) is 16.7. The number of alkyl halides is 3. The number of amides is 2. The van der Waals surface area contributed by atoms with Crippen LogP contribution in [0.4, 0.5) is 22.8 Å². The van der Waals surface area contributed by atoms with Gasteiger partial charge in [0.15, 0.2) is 0 Å². The molecule has 0 aromatic rings. The van der Waals surface area contributed by atoms with Crippen molar-refractivity contribution in [2.24, 2.45) is 56.7 Å². The summed E-state index contributed by atoms with van der Waals surface area (Å²) >= 11 is 0. The Morgan fingerprint density at radius 2 is 1.63 bits per heavy atom. The van der Waals surface area contributed by atoms with Gasteiger partial charge in [-0.2, -0.15) is 13.2 Å². The second-order valence-electron chi connectivity index (χ2n) is 20.0. The largest absolute Gasteiger partial charge is 0.446 e. The van der Waals surface area contributed by atoms with E-state index >= 15 is 0 Å². The van der Waals surface area contributed by atoms with Gasteiger partial charge in [-0.05, 0) is 104 Å². The lowest BCUT2D eigenvalue weighted by atomic mass is 9.41. The van der Waals surface area contributed by atoms with Crippen LogP contribution < -0.4 is 5.32 Å². The highest BCUT2D eigenvalue weighted by Crippen LogP contribution is 2.89. The van der Waals surface area contributed by atoms with Crippen molar-refractivity contribution >= 4 is 12.2 Å². The van der Waals surface area contributed by atoms with Gasteiger partial charge in [-0.25, -0.2) is 9.59 Å². The van der Waals surface area contributed by atoms with Crippen molar-refractivity contribution in [3.05, 3.63) is 0 Å². The Balaban J connectivity index is 0.969. The van der Waals surface area contributed by atoms with Gasteiger partial charge in [0.1, 0.15) is 12.2 Å². The zero-order chi connectivity index (χ0) is 37.4. The van der Waals surface area contributed by atoms with Gasteiger partial charge in [-0.15, -0.1) is 0 Å². The van der Waals surface area contributed by atoms with Gasteiger partial charge in [-0.1, -0.05) is 48.5 Å². The molecule has 5 aliphatic carbocycles. The Morgan fingerprint density at radius 1 is 0.962 bits per heavy atom. The maximum atomic E-state index is 13.2. The normalized spacial score (nSPS) is 46.8. The summed E-state index contributed by atoms with van der Waals surface area (Å²) in [5.74, 6) is 1.40. The van der Waals surface area contributed by atoms with Gasteiger partial charge in [0, 0.05) is 43.1 Å². The van der Waals surface area contributed by atoms with E-state index in [4.69, 9.17) is 14.2 Å². The lowest BCUT2D eigenvalue weighted by molar-refractivity contribution is -0.186. The molecule has 0 aromatic carbocycles. The van der Waals surface area contributed by atoms with Crippen LogP contribution in [0.15, 0.2) is 0 Å². The fourth-order valence-corrected chi connectivity index (χ4v) is 14.3. The van der Waals surface area contributed by atoms with Crippen LogP contribution in [0, 0.1) is 56.7 Å². The summed E-state index contributed by atoms with van der Waals surface area (Å²) in [4.78, 5) is 29.4. The van der Waals surface area contributed by atoms with E-state index < -0.39 is 24.9 Å². The van der Waals surface area contributed by atoms with Crippen molar-refractivity contribution in [2.75, 3.05) is 32.7 Å². The van der Waals surface area contributed by atoms with Gasteiger partial charge in [0.2, 0.25) is 0 Å². The number of aliphatic hydroxyl groups excluding tert-OH is 1. The molecule has 294 valence electrons. The van der Waals surface area contributed by atoms with Gasteiger partial charge in [-0.3, -0.25) is 0 Å². The number of hydrogen-bond acceptors (Lipinski definition) is 7. The number of carbonyl (C=O) groups excluding carboxylic acids is 2. The standard InChI is InChI=1S/C40H62F3N3O6/c1-22(2)30(52-33(48)45-15-8-16-45)25-17-23(3)29-31(50-25)32(47)37(7)27-10-9-26-35(4,5)28(11-12-38(26)20-39(27,38)14-13-36(29,37)6)51-34(49)46-18-24(19-46)44-21-40(41,42)43/h22-32,44,47H,8-21H2,1-7H3/t23-,25?,26+,27?,28?,29+,30?,31?,32+,36?,37-,38?,39?/m1/s1. The average Bonchev–Trinajstić information content (AvgIpc) is 3.63. The van der Waals surface area contributed by atoms with Crippen molar-refractivity contribution in [1.82, 2.24) is 15.1 Å².